The van der Waals surface area contributed by atoms with Crippen LogP contribution >= 0.6 is 0 Å². The Kier molecular flexibility index (Phi) is 6.03. The number of aliphatic hydroxyl groups is 1. The number of aliphatic hydroxyl groups excluding tert-OH is 1. The van der Waals surface area contributed by atoms with Crippen molar-refractivity contribution in [2.75, 3.05) is 38.3 Å². The number of ether oxygens (including phenoxy) is 2. The van der Waals surface area contributed by atoms with E-state index in [1.807, 2.05) is 7.05 Å². The normalized spacial score (nSPS) is 19.7. The Hall–Kier alpha value is -1.10. The minimum absolute atomic E-state index is 0.217. The molecule has 1 heterocycles. The van der Waals surface area contributed by atoms with Gasteiger partial charge in [0, 0.05) is 25.9 Å². The number of hydrogen-bond donors (Lipinski definition) is 1. The SMILES string of the molecule is Cc1ccc(N(C)CC(O)COCC2CCCO2)c(C)c1. The van der Waals surface area contributed by atoms with Crippen LogP contribution in [0.5, 0.6) is 0 Å². The molecule has 1 aromatic rings. The Balaban J connectivity index is 1.74. The first kappa shape index (κ1) is 16.3. The van der Waals surface area contributed by atoms with Gasteiger partial charge in [-0.05, 0) is 38.3 Å². The van der Waals surface area contributed by atoms with Crippen molar-refractivity contribution >= 4 is 5.69 Å². The summed E-state index contributed by atoms with van der Waals surface area (Å²) in [6.07, 6.45) is 1.91. The van der Waals surface area contributed by atoms with Crippen molar-refractivity contribution in [1.82, 2.24) is 0 Å². The molecule has 1 aliphatic rings. The third kappa shape index (κ3) is 4.99. The van der Waals surface area contributed by atoms with Crippen molar-refractivity contribution in [1.29, 1.82) is 0 Å². The summed E-state index contributed by atoms with van der Waals surface area (Å²) in [5.41, 5.74) is 3.63. The minimum atomic E-state index is -0.489. The number of hydrogen-bond acceptors (Lipinski definition) is 4. The van der Waals surface area contributed by atoms with Crippen molar-refractivity contribution in [3.8, 4) is 0 Å². The fourth-order valence-corrected chi connectivity index (χ4v) is 2.81. The Labute approximate surface area is 127 Å². The minimum Gasteiger partial charge on any atom is -0.389 e. The van der Waals surface area contributed by atoms with Crippen molar-refractivity contribution in [3.63, 3.8) is 0 Å². The van der Waals surface area contributed by atoms with E-state index in [2.05, 4.69) is 36.9 Å². The van der Waals surface area contributed by atoms with Gasteiger partial charge < -0.3 is 19.5 Å². The van der Waals surface area contributed by atoms with Crippen LogP contribution in [0.4, 0.5) is 5.69 Å². The molecule has 4 heteroatoms. The molecule has 1 fully saturated rings. The van der Waals surface area contributed by atoms with Gasteiger partial charge in [0.1, 0.15) is 0 Å². The molecule has 2 unspecified atom stereocenters. The first-order valence-electron chi connectivity index (χ1n) is 7.72. The number of benzene rings is 1. The van der Waals surface area contributed by atoms with E-state index in [1.54, 1.807) is 0 Å². The van der Waals surface area contributed by atoms with Crippen LogP contribution in [-0.2, 0) is 9.47 Å². The van der Waals surface area contributed by atoms with Crippen LogP contribution in [0.25, 0.3) is 0 Å². The van der Waals surface area contributed by atoms with Crippen LogP contribution in [0, 0.1) is 13.8 Å². The molecule has 2 rings (SSSR count). The van der Waals surface area contributed by atoms with E-state index in [9.17, 15) is 5.11 Å². The molecule has 0 bridgehead atoms. The summed E-state index contributed by atoms with van der Waals surface area (Å²) in [4.78, 5) is 2.08. The first-order valence-corrected chi connectivity index (χ1v) is 7.72. The third-order valence-electron chi connectivity index (χ3n) is 3.89. The molecule has 1 aliphatic heterocycles. The second-order valence-electron chi connectivity index (χ2n) is 6.00. The van der Waals surface area contributed by atoms with Gasteiger partial charge in [-0.2, -0.15) is 0 Å². The average molecular weight is 293 g/mol. The van der Waals surface area contributed by atoms with E-state index in [4.69, 9.17) is 9.47 Å². The van der Waals surface area contributed by atoms with Gasteiger partial charge in [0.25, 0.3) is 0 Å². The monoisotopic (exact) mass is 293 g/mol. The van der Waals surface area contributed by atoms with Crippen molar-refractivity contribution in [2.45, 2.75) is 38.9 Å². The van der Waals surface area contributed by atoms with Crippen molar-refractivity contribution in [2.24, 2.45) is 0 Å². The number of nitrogens with zero attached hydrogens (tertiary/aromatic N) is 1. The molecule has 4 nitrogen and oxygen atoms in total. The summed E-state index contributed by atoms with van der Waals surface area (Å²) in [5.74, 6) is 0. The standard InChI is InChI=1S/C17H27NO3/c1-13-6-7-17(14(2)9-13)18(3)10-15(19)11-20-12-16-5-4-8-21-16/h6-7,9,15-16,19H,4-5,8,10-12H2,1-3H3. The summed E-state index contributed by atoms with van der Waals surface area (Å²) in [6.45, 7) is 6.53. The number of rotatable bonds is 7. The lowest BCUT2D eigenvalue weighted by Gasteiger charge is -2.25. The highest BCUT2D eigenvalue weighted by molar-refractivity contribution is 5.53. The first-order chi connectivity index (χ1) is 10.1. The maximum Gasteiger partial charge on any atom is 0.0947 e. The summed E-state index contributed by atoms with van der Waals surface area (Å²) in [6, 6.07) is 6.36. The zero-order chi connectivity index (χ0) is 15.2. The maximum absolute atomic E-state index is 10.1. The fourth-order valence-electron chi connectivity index (χ4n) is 2.81. The van der Waals surface area contributed by atoms with Gasteiger partial charge in [-0.3, -0.25) is 0 Å². The highest BCUT2D eigenvalue weighted by Crippen LogP contribution is 2.20. The van der Waals surface area contributed by atoms with E-state index in [1.165, 1.54) is 11.1 Å². The van der Waals surface area contributed by atoms with E-state index < -0.39 is 6.10 Å². The topological polar surface area (TPSA) is 41.9 Å². The highest BCUT2D eigenvalue weighted by Gasteiger charge is 2.17. The molecule has 1 N–H and O–H groups in total. The zero-order valence-corrected chi connectivity index (χ0v) is 13.3. The molecule has 118 valence electrons. The molecule has 0 aliphatic carbocycles. The largest absolute Gasteiger partial charge is 0.389 e. The van der Waals surface area contributed by atoms with Crippen LogP contribution in [0.15, 0.2) is 18.2 Å². The summed E-state index contributed by atoms with van der Waals surface area (Å²) < 4.78 is 11.1. The molecule has 0 saturated carbocycles. The number of aryl methyl sites for hydroxylation is 2. The van der Waals surface area contributed by atoms with Crippen LogP contribution in [0.3, 0.4) is 0 Å². The lowest BCUT2D eigenvalue weighted by atomic mass is 10.1. The molecule has 0 spiro atoms. The lowest BCUT2D eigenvalue weighted by molar-refractivity contribution is -0.0147. The van der Waals surface area contributed by atoms with Crippen LogP contribution < -0.4 is 4.90 Å². The van der Waals surface area contributed by atoms with Gasteiger partial charge >= 0.3 is 0 Å². The summed E-state index contributed by atoms with van der Waals surface area (Å²) in [5, 5.41) is 10.1. The Morgan fingerprint density at radius 3 is 2.90 bits per heavy atom. The second-order valence-corrected chi connectivity index (χ2v) is 6.00. The van der Waals surface area contributed by atoms with Gasteiger partial charge in [-0.1, -0.05) is 17.7 Å². The van der Waals surface area contributed by atoms with Gasteiger partial charge in [0.15, 0.2) is 0 Å². The molecule has 0 radical (unpaired) electrons. The van der Waals surface area contributed by atoms with Crippen LogP contribution in [0.1, 0.15) is 24.0 Å². The van der Waals surface area contributed by atoms with Gasteiger partial charge in [0.2, 0.25) is 0 Å². The predicted octanol–water partition coefficient (Wildman–Crippen LogP) is 2.30. The van der Waals surface area contributed by atoms with Crippen molar-refractivity contribution < 1.29 is 14.6 Å². The molecule has 0 amide bonds. The fraction of sp³-hybridized carbons (Fsp3) is 0.647. The molecule has 1 saturated heterocycles. The molecule has 21 heavy (non-hydrogen) atoms. The van der Waals surface area contributed by atoms with Crippen LogP contribution in [-0.4, -0.2) is 50.7 Å². The van der Waals surface area contributed by atoms with E-state index in [0.717, 1.165) is 25.1 Å². The van der Waals surface area contributed by atoms with Crippen molar-refractivity contribution in [3.05, 3.63) is 29.3 Å². The van der Waals surface area contributed by atoms with E-state index >= 15 is 0 Å². The predicted molar refractivity (Wildman–Crippen MR) is 85.0 cm³/mol. The Morgan fingerprint density at radius 2 is 2.24 bits per heavy atom. The number of anilines is 1. The molecular weight excluding hydrogens is 266 g/mol. The third-order valence-corrected chi connectivity index (χ3v) is 3.89. The second kappa shape index (κ2) is 7.78. The van der Waals surface area contributed by atoms with E-state index in [0.29, 0.717) is 19.8 Å². The van der Waals surface area contributed by atoms with Gasteiger partial charge in [0.05, 0.1) is 25.4 Å². The molecule has 1 aromatic carbocycles. The van der Waals surface area contributed by atoms with Crippen LogP contribution in [0.2, 0.25) is 0 Å². The van der Waals surface area contributed by atoms with Gasteiger partial charge in [-0.15, -0.1) is 0 Å². The average Bonchev–Trinajstić information content (AvgIpc) is 2.91. The van der Waals surface area contributed by atoms with E-state index in [-0.39, 0.29) is 6.10 Å². The smallest absolute Gasteiger partial charge is 0.0947 e. The molecule has 0 aromatic heterocycles. The zero-order valence-electron chi connectivity index (χ0n) is 13.3. The maximum atomic E-state index is 10.1. The summed E-state index contributed by atoms with van der Waals surface area (Å²) >= 11 is 0. The highest BCUT2D eigenvalue weighted by atomic mass is 16.5. The lowest BCUT2D eigenvalue weighted by Crippen LogP contribution is -2.33. The summed E-state index contributed by atoms with van der Waals surface area (Å²) in [7, 11) is 2.00. The number of likely N-dealkylation sites (N-methyl/N-ethyl adjacent to an activating group) is 1. The quantitative estimate of drug-likeness (QED) is 0.837. The Morgan fingerprint density at radius 1 is 1.43 bits per heavy atom. The molecule has 2 atom stereocenters. The van der Waals surface area contributed by atoms with Gasteiger partial charge in [-0.25, -0.2) is 0 Å². The Bertz CT molecular complexity index is 444. The molecular formula is C17H27NO3.